The minimum atomic E-state index is -0.0207. The van der Waals surface area contributed by atoms with Gasteiger partial charge in [0.15, 0.2) is 4.96 Å². The van der Waals surface area contributed by atoms with Crippen LogP contribution in [0.2, 0.25) is 0 Å². The van der Waals surface area contributed by atoms with Crippen molar-refractivity contribution < 1.29 is 4.79 Å². The Hall–Kier alpha value is -1.83. The number of aryl methyl sites for hydroxylation is 2. The van der Waals surface area contributed by atoms with Crippen LogP contribution in [0.1, 0.15) is 20.8 Å². The molecule has 0 bridgehead atoms. The molecule has 3 heterocycles. The van der Waals surface area contributed by atoms with Gasteiger partial charge in [-0.2, -0.15) is 0 Å². The van der Waals surface area contributed by atoms with Gasteiger partial charge in [-0.1, -0.05) is 6.07 Å². The summed E-state index contributed by atoms with van der Waals surface area (Å²) in [6.07, 6.45) is 1.99. The standard InChI is InChI=1S/C18H17N3OS3/c1-11-3-4-13(9-12(11)2)23-7-5-19-16(22)15-10-14-17(25-15)20-18-21(14)6-8-24-18/h3-4,6,8-10H,5,7H2,1-2H3,(H,19,22). The number of thiophene rings is 1. The molecule has 25 heavy (non-hydrogen) atoms. The van der Waals surface area contributed by atoms with E-state index in [9.17, 15) is 4.79 Å². The van der Waals surface area contributed by atoms with E-state index in [-0.39, 0.29) is 5.91 Å². The van der Waals surface area contributed by atoms with E-state index in [0.717, 1.165) is 21.1 Å². The maximum Gasteiger partial charge on any atom is 0.261 e. The maximum absolute atomic E-state index is 12.4. The first-order valence-electron chi connectivity index (χ1n) is 7.95. The van der Waals surface area contributed by atoms with Crippen LogP contribution in [0.3, 0.4) is 0 Å². The highest BCUT2D eigenvalue weighted by molar-refractivity contribution is 7.99. The molecule has 0 radical (unpaired) electrons. The number of nitrogens with one attached hydrogen (secondary N) is 1. The lowest BCUT2D eigenvalue weighted by Crippen LogP contribution is -2.24. The van der Waals surface area contributed by atoms with Crippen LogP contribution < -0.4 is 5.32 Å². The lowest BCUT2D eigenvalue weighted by molar-refractivity contribution is 0.0960. The number of thioether (sulfide) groups is 1. The average molecular weight is 388 g/mol. The highest BCUT2D eigenvalue weighted by atomic mass is 32.2. The van der Waals surface area contributed by atoms with Crippen molar-refractivity contribution in [2.24, 2.45) is 0 Å². The second-order valence-electron chi connectivity index (χ2n) is 5.82. The summed E-state index contributed by atoms with van der Waals surface area (Å²) < 4.78 is 2.03. The summed E-state index contributed by atoms with van der Waals surface area (Å²) in [5.74, 6) is 0.834. The predicted molar refractivity (Wildman–Crippen MR) is 107 cm³/mol. The average Bonchev–Trinajstić information content (AvgIpc) is 3.26. The van der Waals surface area contributed by atoms with Crippen LogP contribution in [0, 0.1) is 13.8 Å². The van der Waals surface area contributed by atoms with Crippen LogP contribution in [0.4, 0.5) is 0 Å². The molecule has 0 saturated heterocycles. The predicted octanol–water partition coefficient (Wildman–Crippen LogP) is 4.75. The second kappa shape index (κ2) is 6.82. The third-order valence-electron chi connectivity index (χ3n) is 4.10. The highest BCUT2D eigenvalue weighted by Crippen LogP contribution is 2.28. The van der Waals surface area contributed by atoms with E-state index in [0.29, 0.717) is 11.4 Å². The number of hydrogen-bond acceptors (Lipinski definition) is 5. The molecule has 0 aliphatic heterocycles. The smallest absolute Gasteiger partial charge is 0.261 e. The van der Waals surface area contributed by atoms with Crippen molar-refractivity contribution in [3.05, 3.63) is 51.8 Å². The largest absolute Gasteiger partial charge is 0.350 e. The molecule has 4 aromatic rings. The van der Waals surface area contributed by atoms with E-state index in [4.69, 9.17) is 0 Å². The van der Waals surface area contributed by atoms with Crippen molar-refractivity contribution in [1.82, 2.24) is 14.7 Å². The molecular formula is C18H17N3OS3. The normalized spacial score (nSPS) is 11.4. The van der Waals surface area contributed by atoms with Crippen LogP contribution in [0.15, 0.2) is 40.7 Å². The highest BCUT2D eigenvalue weighted by Gasteiger charge is 2.14. The molecule has 3 aromatic heterocycles. The molecule has 0 aliphatic rings. The number of thiazole rings is 1. The monoisotopic (exact) mass is 387 g/mol. The van der Waals surface area contributed by atoms with Crippen molar-refractivity contribution in [1.29, 1.82) is 0 Å². The van der Waals surface area contributed by atoms with E-state index in [1.807, 2.05) is 22.0 Å². The Morgan fingerprint density at radius 2 is 2.16 bits per heavy atom. The zero-order chi connectivity index (χ0) is 17.4. The molecule has 1 aromatic carbocycles. The van der Waals surface area contributed by atoms with Gasteiger partial charge in [0.25, 0.3) is 5.91 Å². The Kier molecular flexibility index (Phi) is 4.54. The Morgan fingerprint density at radius 3 is 3.00 bits per heavy atom. The summed E-state index contributed by atoms with van der Waals surface area (Å²) in [5, 5.41) is 5.01. The summed E-state index contributed by atoms with van der Waals surface area (Å²) >= 11 is 4.82. The van der Waals surface area contributed by atoms with Crippen LogP contribution in [-0.4, -0.2) is 27.6 Å². The van der Waals surface area contributed by atoms with Gasteiger partial charge >= 0.3 is 0 Å². The van der Waals surface area contributed by atoms with E-state index < -0.39 is 0 Å². The number of fused-ring (bicyclic) bond motifs is 3. The SMILES string of the molecule is Cc1ccc(SCCNC(=O)c2cc3c(nc4sccn43)s2)cc1C. The lowest BCUT2D eigenvalue weighted by atomic mass is 10.1. The summed E-state index contributed by atoms with van der Waals surface area (Å²) in [5.41, 5.74) is 3.62. The fraction of sp³-hybridized carbons (Fsp3) is 0.222. The number of benzene rings is 1. The minimum Gasteiger partial charge on any atom is -0.350 e. The van der Waals surface area contributed by atoms with Crippen molar-refractivity contribution >= 4 is 55.7 Å². The molecule has 1 amide bonds. The summed E-state index contributed by atoms with van der Waals surface area (Å²) in [7, 11) is 0. The van der Waals surface area contributed by atoms with Gasteiger partial charge in [-0.25, -0.2) is 4.98 Å². The number of rotatable bonds is 5. The van der Waals surface area contributed by atoms with Crippen LogP contribution in [0.25, 0.3) is 15.3 Å². The van der Waals surface area contributed by atoms with Gasteiger partial charge in [0.1, 0.15) is 4.83 Å². The molecule has 7 heteroatoms. The lowest BCUT2D eigenvalue weighted by Gasteiger charge is -2.06. The first-order valence-corrected chi connectivity index (χ1v) is 10.6. The van der Waals surface area contributed by atoms with Gasteiger partial charge in [-0.3, -0.25) is 9.20 Å². The van der Waals surface area contributed by atoms with Crippen LogP contribution in [-0.2, 0) is 0 Å². The molecule has 1 N–H and O–H groups in total. The van der Waals surface area contributed by atoms with Gasteiger partial charge in [-0.05, 0) is 43.2 Å². The Balaban J connectivity index is 1.35. The molecule has 0 atom stereocenters. The van der Waals surface area contributed by atoms with Crippen molar-refractivity contribution in [3.63, 3.8) is 0 Å². The number of nitrogens with zero attached hydrogens (tertiary/aromatic N) is 2. The zero-order valence-electron chi connectivity index (χ0n) is 13.9. The van der Waals surface area contributed by atoms with E-state index >= 15 is 0 Å². The number of amides is 1. The second-order valence-corrected chi connectivity index (χ2v) is 8.89. The first-order chi connectivity index (χ1) is 12.1. The van der Waals surface area contributed by atoms with E-state index in [2.05, 4.69) is 42.3 Å². The van der Waals surface area contributed by atoms with Gasteiger partial charge in [0.05, 0.1) is 10.4 Å². The Bertz CT molecular complexity index is 1060. The third-order valence-corrected chi connectivity index (χ3v) is 6.87. The number of imidazole rings is 1. The number of hydrogen-bond donors (Lipinski definition) is 1. The summed E-state index contributed by atoms with van der Waals surface area (Å²) in [6.45, 7) is 4.89. The fourth-order valence-electron chi connectivity index (χ4n) is 2.58. The molecule has 0 unspecified atom stereocenters. The van der Waals surface area contributed by atoms with Gasteiger partial charge in [-0.15, -0.1) is 34.4 Å². The third kappa shape index (κ3) is 3.31. The molecule has 0 spiro atoms. The number of carbonyl (C=O) groups is 1. The van der Waals surface area contributed by atoms with E-state index in [1.165, 1.54) is 27.4 Å². The molecule has 128 valence electrons. The van der Waals surface area contributed by atoms with Gasteiger partial charge in [0.2, 0.25) is 0 Å². The molecule has 0 fully saturated rings. The zero-order valence-corrected chi connectivity index (χ0v) is 16.4. The van der Waals surface area contributed by atoms with Crippen molar-refractivity contribution in [2.45, 2.75) is 18.7 Å². The van der Waals surface area contributed by atoms with Crippen molar-refractivity contribution in [3.8, 4) is 0 Å². The topological polar surface area (TPSA) is 46.4 Å². The summed E-state index contributed by atoms with van der Waals surface area (Å²) in [6, 6.07) is 8.40. The van der Waals surface area contributed by atoms with Crippen LogP contribution >= 0.6 is 34.4 Å². The number of aromatic nitrogens is 2. The molecular weight excluding hydrogens is 370 g/mol. The molecule has 4 nitrogen and oxygen atoms in total. The van der Waals surface area contributed by atoms with Crippen LogP contribution in [0.5, 0.6) is 0 Å². The molecule has 0 saturated carbocycles. The van der Waals surface area contributed by atoms with Crippen molar-refractivity contribution in [2.75, 3.05) is 12.3 Å². The van der Waals surface area contributed by atoms with Gasteiger partial charge in [0, 0.05) is 28.8 Å². The minimum absolute atomic E-state index is 0.0207. The first kappa shape index (κ1) is 16.6. The quantitative estimate of drug-likeness (QED) is 0.397. The summed E-state index contributed by atoms with van der Waals surface area (Å²) in [4.78, 5) is 20.7. The Morgan fingerprint density at radius 1 is 1.28 bits per heavy atom. The maximum atomic E-state index is 12.4. The van der Waals surface area contributed by atoms with Gasteiger partial charge < -0.3 is 5.32 Å². The molecule has 4 rings (SSSR count). The Labute approximate surface area is 157 Å². The fourth-order valence-corrected chi connectivity index (χ4v) is 5.16. The number of carbonyl (C=O) groups excluding carboxylic acids is 1. The molecule has 0 aliphatic carbocycles. The van der Waals surface area contributed by atoms with E-state index in [1.54, 1.807) is 23.1 Å².